The maximum Gasteiger partial charge on any atom is 0.316 e. The zero-order chi connectivity index (χ0) is 17.8. The summed E-state index contributed by atoms with van der Waals surface area (Å²) >= 11 is 0. The number of nitrogens with zero attached hydrogens (tertiary/aromatic N) is 1. The Morgan fingerprint density at radius 2 is 1.80 bits per heavy atom. The Hall–Kier alpha value is -2.82. The molecule has 1 heterocycles. The Morgan fingerprint density at radius 3 is 2.52 bits per heavy atom. The molecule has 5 heteroatoms. The normalized spacial score (nSPS) is 16.8. The molecule has 0 N–H and O–H groups in total. The average molecular weight is 339 g/mol. The van der Waals surface area contributed by atoms with Crippen LogP contribution in [0.3, 0.4) is 0 Å². The predicted molar refractivity (Wildman–Crippen MR) is 94.9 cm³/mol. The molecule has 1 aliphatic rings. The first-order chi connectivity index (χ1) is 12.1. The van der Waals surface area contributed by atoms with Crippen molar-refractivity contribution >= 4 is 17.6 Å². The summed E-state index contributed by atoms with van der Waals surface area (Å²) in [6.07, 6.45) is 0.988. The summed E-state index contributed by atoms with van der Waals surface area (Å²) in [5, 5.41) is 0. The largest absolute Gasteiger partial charge is 0.493 e. The molecule has 2 aromatic carbocycles. The van der Waals surface area contributed by atoms with Crippen LogP contribution < -0.4 is 14.4 Å². The monoisotopic (exact) mass is 339 g/mol. The maximum atomic E-state index is 12.5. The summed E-state index contributed by atoms with van der Waals surface area (Å²) in [4.78, 5) is 26.6. The topological polar surface area (TPSA) is 55.8 Å². The number of hydrogen-bond donors (Lipinski definition) is 0. The first-order valence-corrected chi connectivity index (χ1v) is 8.37. The van der Waals surface area contributed by atoms with Crippen LogP contribution in [-0.4, -0.2) is 25.5 Å². The highest BCUT2D eigenvalue weighted by molar-refractivity contribution is 6.00. The standard InChI is InChI=1S/C20H21NO4/c1-3-14-8-4-5-9-16(14)21-13-15(12-19(21)22)20(23)25-18-11-7-6-10-17(18)24-2/h4-11,15H,3,12-13H2,1-2H3. The molecule has 1 unspecified atom stereocenters. The van der Waals surface area contributed by atoms with Crippen LogP contribution in [0.1, 0.15) is 18.9 Å². The number of para-hydroxylation sites is 3. The van der Waals surface area contributed by atoms with Crippen LogP contribution in [0.2, 0.25) is 0 Å². The number of anilines is 1. The van der Waals surface area contributed by atoms with E-state index in [1.807, 2.05) is 31.2 Å². The number of ether oxygens (including phenoxy) is 2. The van der Waals surface area contributed by atoms with Gasteiger partial charge in [0.15, 0.2) is 11.5 Å². The molecular formula is C20H21NO4. The Morgan fingerprint density at radius 1 is 1.12 bits per heavy atom. The van der Waals surface area contributed by atoms with E-state index >= 15 is 0 Å². The highest BCUT2D eigenvalue weighted by Gasteiger charge is 2.37. The highest BCUT2D eigenvalue weighted by Crippen LogP contribution is 2.31. The van der Waals surface area contributed by atoms with Gasteiger partial charge >= 0.3 is 5.97 Å². The molecule has 2 aromatic rings. The molecule has 25 heavy (non-hydrogen) atoms. The van der Waals surface area contributed by atoms with Gasteiger partial charge in [0.1, 0.15) is 0 Å². The molecule has 0 spiro atoms. The van der Waals surface area contributed by atoms with Gasteiger partial charge < -0.3 is 14.4 Å². The smallest absolute Gasteiger partial charge is 0.316 e. The van der Waals surface area contributed by atoms with E-state index in [0.717, 1.165) is 17.7 Å². The summed E-state index contributed by atoms with van der Waals surface area (Å²) in [5.74, 6) is -0.0808. The molecule has 0 aromatic heterocycles. The lowest BCUT2D eigenvalue weighted by molar-refractivity contribution is -0.139. The molecule has 0 aliphatic carbocycles. The van der Waals surface area contributed by atoms with Crippen molar-refractivity contribution in [3.8, 4) is 11.5 Å². The molecule has 1 amide bonds. The van der Waals surface area contributed by atoms with Crippen LogP contribution in [-0.2, 0) is 16.0 Å². The van der Waals surface area contributed by atoms with Crippen molar-refractivity contribution in [2.24, 2.45) is 5.92 Å². The molecule has 1 aliphatic heterocycles. The Bertz CT molecular complexity index is 787. The molecule has 0 bridgehead atoms. The Balaban J connectivity index is 1.75. The van der Waals surface area contributed by atoms with E-state index in [4.69, 9.17) is 9.47 Å². The van der Waals surface area contributed by atoms with E-state index in [1.165, 1.54) is 7.11 Å². The van der Waals surface area contributed by atoms with Crippen LogP contribution in [0.15, 0.2) is 48.5 Å². The summed E-state index contributed by atoms with van der Waals surface area (Å²) in [7, 11) is 1.52. The van der Waals surface area contributed by atoms with E-state index in [0.29, 0.717) is 18.0 Å². The number of aryl methyl sites for hydroxylation is 1. The lowest BCUT2D eigenvalue weighted by Crippen LogP contribution is -2.28. The number of methoxy groups -OCH3 is 1. The van der Waals surface area contributed by atoms with Gasteiger partial charge in [-0.05, 0) is 30.2 Å². The van der Waals surface area contributed by atoms with Crippen LogP contribution in [0.5, 0.6) is 11.5 Å². The van der Waals surface area contributed by atoms with E-state index in [-0.39, 0.29) is 12.3 Å². The fourth-order valence-corrected chi connectivity index (χ4v) is 3.07. The maximum absolute atomic E-state index is 12.5. The van der Waals surface area contributed by atoms with Gasteiger partial charge in [0, 0.05) is 18.7 Å². The van der Waals surface area contributed by atoms with E-state index in [2.05, 4.69) is 0 Å². The minimum Gasteiger partial charge on any atom is -0.493 e. The zero-order valence-electron chi connectivity index (χ0n) is 14.4. The number of esters is 1. The third-order valence-electron chi connectivity index (χ3n) is 4.40. The SMILES string of the molecule is CCc1ccccc1N1CC(C(=O)Oc2ccccc2OC)CC1=O. The summed E-state index contributed by atoms with van der Waals surface area (Å²) in [6.45, 7) is 2.39. The fourth-order valence-electron chi connectivity index (χ4n) is 3.07. The van der Waals surface area contributed by atoms with E-state index < -0.39 is 11.9 Å². The van der Waals surface area contributed by atoms with Gasteiger partial charge in [0.2, 0.25) is 5.91 Å². The molecule has 1 atom stereocenters. The van der Waals surface area contributed by atoms with Crippen molar-refractivity contribution in [3.63, 3.8) is 0 Å². The third-order valence-corrected chi connectivity index (χ3v) is 4.40. The van der Waals surface area contributed by atoms with Gasteiger partial charge in [0.05, 0.1) is 13.0 Å². The Labute approximate surface area is 147 Å². The predicted octanol–water partition coefficient (Wildman–Crippen LogP) is 3.22. The first kappa shape index (κ1) is 17.0. The number of amides is 1. The van der Waals surface area contributed by atoms with Gasteiger partial charge in [-0.2, -0.15) is 0 Å². The lowest BCUT2D eigenvalue weighted by Gasteiger charge is -2.19. The fraction of sp³-hybridized carbons (Fsp3) is 0.300. The second kappa shape index (κ2) is 7.38. The summed E-state index contributed by atoms with van der Waals surface area (Å²) < 4.78 is 10.7. The van der Waals surface area contributed by atoms with Gasteiger partial charge in [-0.25, -0.2) is 0 Å². The second-order valence-electron chi connectivity index (χ2n) is 5.96. The number of carbonyl (C=O) groups excluding carboxylic acids is 2. The molecule has 1 fully saturated rings. The first-order valence-electron chi connectivity index (χ1n) is 8.37. The molecule has 0 saturated carbocycles. The van der Waals surface area contributed by atoms with Crippen LogP contribution in [0.4, 0.5) is 5.69 Å². The van der Waals surface area contributed by atoms with Crippen molar-refractivity contribution in [2.45, 2.75) is 19.8 Å². The Kier molecular flexibility index (Phi) is 5.03. The van der Waals surface area contributed by atoms with Crippen LogP contribution in [0.25, 0.3) is 0 Å². The van der Waals surface area contributed by atoms with Crippen molar-refractivity contribution in [2.75, 3.05) is 18.6 Å². The minimum absolute atomic E-state index is 0.0529. The van der Waals surface area contributed by atoms with Crippen molar-refractivity contribution < 1.29 is 19.1 Å². The van der Waals surface area contributed by atoms with Crippen LogP contribution >= 0.6 is 0 Å². The average Bonchev–Trinajstić information content (AvgIpc) is 3.03. The molecule has 0 radical (unpaired) electrons. The van der Waals surface area contributed by atoms with E-state index in [9.17, 15) is 9.59 Å². The number of carbonyl (C=O) groups is 2. The van der Waals surface area contributed by atoms with E-state index in [1.54, 1.807) is 29.2 Å². The second-order valence-corrected chi connectivity index (χ2v) is 5.96. The molecule has 1 saturated heterocycles. The van der Waals surface area contributed by atoms with Gasteiger partial charge in [-0.3, -0.25) is 9.59 Å². The van der Waals surface area contributed by atoms with Crippen molar-refractivity contribution in [1.29, 1.82) is 0 Å². The third kappa shape index (κ3) is 3.50. The molecule has 130 valence electrons. The number of rotatable bonds is 5. The lowest BCUT2D eigenvalue weighted by atomic mass is 10.1. The summed E-state index contributed by atoms with van der Waals surface area (Å²) in [5.41, 5.74) is 1.97. The van der Waals surface area contributed by atoms with Crippen LogP contribution in [0, 0.1) is 5.92 Å². The zero-order valence-corrected chi connectivity index (χ0v) is 14.4. The highest BCUT2D eigenvalue weighted by atomic mass is 16.6. The van der Waals surface area contributed by atoms with Crippen molar-refractivity contribution in [1.82, 2.24) is 0 Å². The van der Waals surface area contributed by atoms with Gasteiger partial charge in [0.25, 0.3) is 0 Å². The quantitative estimate of drug-likeness (QED) is 0.620. The molecule has 5 nitrogen and oxygen atoms in total. The van der Waals surface area contributed by atoms with Gasteiger partial charge in [-0.1, -0.05) is 37.3 Å². The van der Waals surface area contributed by atoms with Gasteiger partial charge in [-0.15, -0.1) is 0 Å². The molecular weight excluding hydrogens is 318 g/mol. The number of hydrogen-bond acceptors (Lipinski definition) is 4. The molecule has 3 rings (SSSR count). The number of benzene rings is 2. The summed E-state index contributed by atoms with van der Waals surface area (Å²) in [6, 6.07) is 14.8. The van der Waals surface area contributed by atoms with Crippen molar-refractivity contribution in [3.05, 3.63) is 54.1 Å². The minimum atomic E-state index is -0.484.